The zero-order valence-electron chi connectivity index (χ0n) is 6.17. The van der Waals surface area contributed by atoms with E-state index in [4.69, 9.17) is 11.6 Å². The molecule has 0 spiro atoms. The van der Waals surface area contributed by atoms with Gasteiger partial charge in [0.25, 0.3) is 0 Å². The van der Waals surface area contributed by atoms with Gasteiger partial charge in [-0.25, -0.2) is 0 Å². The molecule has 0 saturated carbocycles. The number of amides is 3. The molecule has 66 valence electrons. The first-order valence-electron chi connectivity index (χ1n) is 3.30. The third-order valence-electron chi connectivity index (χ3n) is 1.41. The summed E-state index contributed by atoms with van der Waals surface area (Å²) in [5.74, 6) is -1.55. The average Bonchev–Trinajstić information content (AvgIpc) is 2.01. The molecule has 1 rings (SSSR count). The second kappa shape index (κ2) is 3.53. The molecule has 1 fully saturated rings. The van der Waals surface area contributed by atoms with Crippen molar-refractivity contribution in [2.45, 2.75) is 0 Å². The van der Waals surface area contributed by atoms with E-state index in [1.54, 1.807) is 0 Å². The summed E-state index contributed by atoms with van der Waals surface area (Å²) >= 11 is 5.25. The molecule has 1 heterocycles. The van der Waals surface area contributed by atoms with Crippen LogP contribution in [0.25, 0.3) is 0 Å². The maximum absolute atomic E-state index is 10.9. The molecule has 1 aliphatic rings. The number of imide groups is 1. The molecule has 0 atom stereocenters. The number of hydrogen-bond donors (Lipinski definition) is 1. The molecule has 1 saturated heterocycles. The fourth-order valence-electron chi connectivity index (χ4n) is 0.898. The van der Waals surface area contributed by atoms with Crippen LogP contribution in [0.4, 0.5) is 0 Å². The van der Waals surface area contributed by atoms with E-state index in [0.717, 1.165) is 4.90 Å². The molecule has 5 nitrogen and oxygen atoms in total. The van der Waals surface area contributed by atoms with Gasteiger partial charge in [0, 0.05) is 0 Å². The normalized spacial score (nSPS) is 17.6. The standard InChI is InChI=1S/C6H7ClN2O3/c7-1-6(12)9-2-4(10)8-5(11)3-9/h1-3H2,(H,8,10,11). The number of carbonyl (C=O) groups is 3. The highest BCUT2D eigenvalue weighted by Crippen LogP contribution is 1.96. The van der Waals surface area contributed by atoms with E-state index >= 15 is 0 Å². The SMILES string of the molecule is O=C1CN(C(=O)CCl)CC(=O)N1. The molecular weight excluding hydrogens is 184 g/mol. The van der Waals surface area contributed by atoms with Gasteiger partial charge in [0.1, 0.15) is 19.0 Å². The second-order valence-electron chi connectivity index (χ2n) is 2.35. The lowest BCUT2D eigenvalue weighted by Gasteiger charge is -2.24. The summed E-state index contributed by atoms with van der Waals surface area (Å²) in [5, 5.41) is 2.07. The Morgan fingerprint density at radius 2 is 1.92 bits per heavy atom. The van der Waals surface area contributed by atoms with Crippen LogP contribution in [-0.2, 0) is 14.4 Å². The van der Waals surface area contributed by atoms with Crippen LogP contribution in [0.2, 0.25) is 0 Å². The number of nitrogens with one attached hydrogen (secondary N) is 1. The fourth-order valence-corrected chi connectivity index (χ4v) is 1.07. The summed E-state index contributed by atoms with van der Waals surface area (Å²) in [5.41, 5.74) is 0. The van der Waals surface area contributed by atoms with Crippen LogP contribution >= 0.6 is 11.6 Å². The van der Waals surface area contributed by atoms with Gasteiger partial charge in [0.05, 0.1) is 0 Å². The monoisotopic (exact) mass is 190 g/mol. The number of rotatable bonds is 1. The van der Waals surface area contributed by atoms with Gasteiger partial charge in [0.2, 0.25) is 17.7 Å². The maximum Gasteiger partial charge on any atom is 0.246 e. The van der Waals surface area contributed by atoms with E-state index < -0.39 is 17.7 Å². The lowest BCUT2D eigenvalue weighted by molar-refractivity contribution is -0.144. The predicted octanol–water partition coefficient (Wildman–Crippen LogP) is -1.29. The van der Waals surface area contributed by atoms with Crippen molar-refractivity contribution in [3.05, 3.63) is 0 Å². The molecule has 0 radical (unpaired) electrons. The summed E-state index contributed by atoms with van der Waals surface area (Å²) in [6, 6.07) is 0. The van der Waals surface area contributed by atoms with Crippen LogP contribution in [0.5, 0.6) is 0 Å². The number of carbonyl (C=O) groups excluding carboxylic acids is 3. The first-order chi connectivity index (χ1) is 5.63. The van der Waals surface area contributed by atoms with E-state index in [2.05, 4.69) is 5.32 Å². The first kappa shape index (κ1) is 8.99. The van der Waals surface area contributed by atoms with Crippen LogP contribution in [0, 0.1) is 0 Å². The molecule has 6 heteroatoms. The van der Waals surface area contributed by atoms with Gasteiger partial charge in [-0.3, -0.25) is 19.7 Å². The minimum absolute atomic E-state index is 0.0860. The molecule has 0 bridgehead atoms. The zero-order valence-corrected chi connectivity index (χ0v) is 6.93. The van der Waals surface area contributed by atoms with Crippen LogP contribution in [0.1, 0.15) is 0 Å². The third kappa shape index (κ3) is 1.94. The third-order valence-corrected chi connectivity index (χ3v) is 1.64. The Hall–Kier alpha value is -1.10. The molecule has 0 aromatic heterocycles. The molecule has 1 aliphatic heterocycles. The van der Waals surface area contributed by atoms with E-state index in [1.165, 1.54) is 0 Å². The Balaban J connectivity index is 2.61. The van der Waals surface area contributed by atoms with Crippen molar-refractivity contribution in [1.82, 2.24) is 10.2 Å². The van der Waals surface area contributed by atoms with Crippen molar-refractivity contribution in [2.75, 3.05) is 19.0 Å². The fraction of sp³-hybridized carbons (Fsp3) is 0.500. The van der Waals surface area contributed by atoms with Gasteiger partial charge >= 0.3 is 0 Å². The summed E-state index contributed by atoms with van der Waals surface area (Å²) < 4.78 is 0. The van der Waals surface area contributed by atoms with Crippen molar-refractivity contribution in [1.29, 1.82) is 0 Å². The quantitative estimate of drug-likeness (QED) is 0.413. The number of halogens is 1. The number of hydrogen-bond acceptors (Lipinski definition) is 3. The lowest BCUT2D eigenvalue weighted by Crippen LogP contribution is -2.53. The van der Waals surface area contributed by atoms with Gasteiger partial charge in [-0.1, -0.05) is 0 Å². The Labute approximate surface area is 73.7 Å². The van der Waals surface area contributed by atoms with Gasteiger partial charge in [-0.15, -0.1) is 11.6 Å². The molecule has 3 amide bonds. The number of piperazine rings is 1. The van der Waals surface area contributed by atoms with Crippen molar-refractivity contribution < 1.29 is 14.4 Å². The topological polar surface area (TPSA) is 66.5 Å². The predicted molar refractivity (Wildman–Crippen MR) is 40.4 cm³/mol. The Bertz CT molecular complexity index is 225. The minimum atomic E-state index is -0.468. The zero-order chi connectivity index (χ0) is 9.14. The Morgan fingerprint density at radius 3 is 2.33 bits per heavy atom. The highest BCUT2D eigenvalue weighted by molar-refractivity contribution is 6.27. The summed E-state index contributed by atoms with van der Waals surface area (Å²) in [6.07, 6.45) is 0. The minimum Gasteiger partial charge on any atom is -0.323 e. The van der Waals surface area contributed by atoms with Gasteiger partial charge in [0.15, 0.2) is 0 Å². The molecule has 0 aromatic carbocycles. The smallest absolute Gasteiger partial charge is 0.246 e. The van der Waals surface area contributed by atoms with Crippen molar-refractivity contribution in [3.8, 4) is 0 Å². The van der Waals surface area contributed by atoms with Crippen LogP contribution in [0.15, 0.2) is 0 Å². The molecular formula is C6H7ClN2O3. The average molecular weight is 191 g/mol. The van der Waals surface area contributed by atoms with Crippen molar-refractivity contribution >= 4 is 29.3 Å². The number of nitrogens with zero attached hydrogens (tertiary/aromatic N) is 1. The first-order valence-corrected chi connectivity index (χ1v) is 3.83. The highest BCUT2D eigenvalue weighted by Gasteiger charge is 2.25. The summed E-state index contributed by atoms with van der Waals surface area (Å²) in [6.45, 7) is -0.172. The largest absolute Gasteiger partial charge is 0.323 e. The van der Waals surface area contributed by atoms with Crippen LogP contribution in [0.3, 0.4) is 0 Å². The van der Waals surface area contributed by atoms with Gasteiger partial charge < -0.3 is 4.90 Å². The second-order valence-corrected chi connectivity index (χ2v) is 2.62. The molecule has 12 heavy (non-hydrogen) atoms. The van der Waals surface area contributed by atoms with Crippen LogP contribution < -0.4 is 5.32 Å². The van der Waals surface area contributed by atoms with Crippen molar-refractivity contribution in [2.24, 2.45) is 0 Å². The van der Waals surface area contributed by atoms with E-state index in [9.17, 15) is 14.4 Å². The summed E-state index contributed by atoms with van der Waals surface area (Å²) in [7, 11) is 0. The van der Waals surface area contributed by atoms with Crippen LogP contribution in [-0.4, -0.2) is 41.6 Å². The molecule has 0 aromatic rings. The number of alkyl halides is 1. The van der Waals surface area contributed by atoms with E-state index in [0.29, 0.717) is 0 Å². The highest BCUT2D eigenvalue weighted by atomic mass is 35.5. The summed E-state index contributed by atoms with van der Waals surface area (Å²) in [4.78, 5) is 33.5. The van der Waals surface area contributed by atoms with Gasteiger partial charge in [-0.2, -0.15) is 0 Å². The van der Waals surface area contributed by atoms with E-state index in [1.807, 2.05) is 0 Å². The van der Waals surface area contributed by atoms with Gasteiger partial charge in [-0.05, 0) is 0 Å². The molecule has 1 N–H and O–H groups in total. The molecule has 0 unspecified atom stereocenters. The maximum atomic E-state index is 10.9. The Morgan fingerprint density at radius 1 is 1.42 bits per heavy atom. The molecule has 0 aliphatic carbocycles. The lowest BCUT2D eigenvalue weighted by atomic mass is 10.3. The Kier molecular flexibility index (Phi) is 2.65. The van der Waals surface area contributed by atoms with E-state index in [-0.39, 0.29) is 19.0 Å². The van der Waals surface area contributed by atoms with Crippen molar-refractivity contribution in [3.63, 3.8) is 0 Å².